The van der Waals surface area contributed by atoms with E-state index in [9.17, 15) is 4.79 Å². The van der Waals surface area contributed by atoms with Crippen molar-refractivity contribution in [1.82, 2.24) is 9.88 Å². The van der Waals surface area contributed by atoms with Gasteiger partial charge in [-0.3, -0.25) is 4.79 Å². The van der Waals surface area contributed by atoms with Crippen LogP contribution in [0, 0.1) is 0 Å². The summed E-state index contributed by atoms with van der Waals surface area (Å²) in [7, 11) is 0. The van der Waals surface area contributed by atoms with Crippen LogP contribution in [0.15, 0.2) is 79.0 Å². The summed E-state index contributed by atoms with van der Waals surface area (Å²) in [5.41, 5.74) is 2.94. The summed E-state index contributed by atoms with van der Waals surface area (Å²) >= 11 is 0. The quantitative estimate of drug-likeness (QED) is 0.651. The summed E-state index contributed by atoms with van der Waals surface area (Å²) in [6.45, 7) is 5.33. The van der Waals surface area contributed by atoms with Crippen molar-refractivity contribution < 1.29 is 4.79 Å². The normalized spacial score (nSPS) is 11.6. The predicted octanol–water partition coefficient (Wildman–Crippen LogP) is 4.92. The van der Waals surface area contributed by atoms with E-state index in [0.717, 1.165) is 5.56 Å². The minimum absolute atomic E-state index is 0.0131. The van der Waals surface area contributed by atoms with E-state index in [1.165, 1.54) is 5.56 Å². The van der Waals surface area contributed by atoms with Crippen molar-refractivity contribution >= 4 is 11.7 Å². The van der Waals surface area contributed by atoms with E-state index in [0.29, 0.717) is 24.5 Å². The highest BCUT2D eigenvalue weighted by molar-refractivity contribution is 5.94. The first-order chi connectivity index (χ1) is 13.2. The van der Waals surface area contributed by atoms with Gasteiger partial charge < -0.3 is 10.2 Å². The summed E-state index contributed by atoms with van der Waals surface area (Å²) in [6, 6.07) is 23.9. The van der Waals surface area contributed by atoms with Gasteiger partial charge in [-0.25, -0.2) is 4.98 Å². The zero-order valence-electron chi connectivity index (χ0n) is 15.8. The number of hydrogen-bond acceptors (Lipinski definition) is 3. The molecule has 1 atom stereocenters. The number of benzene rings is 2. The lowest BCUT2D eigenvalue weighted by Gasteiger charge is -2.22. The van der Waals surface area contributed by atoms with Gasteiger partial charge in [0.2, 0.25) is 0 Å². The first kappa shape index (κ1) is 18.6. The van der Waals surface area contributed by atoms with Gasteiger partial charge >= 0.3 is 0 Å². The van der Waals surface area contributed by atoms with Gasteiger partial charge in [-0.1, -0.05) is 60.7 Å². The fourth-order valence-electron chi connectivity index (χ4n) is 3.00. The molecule has 1 heterocycles. The molecule has 0 aliphatic carbocycles. The van der Waals surface area contributed by atoms with Crippen LogP contribution in [0.2, 0.25) is 0 Å². The van der Waals surface area contributed by atoms with Crippen LogP contribution >= 0.6 is 0 Å². The second-order valence-electron chi connectivity index (χ2n) is 6.51. The summed E-state index contributed by atoms with van der Waals surface area (Å²) < 4.78 is 0. The molecule has 4 heteroatoms. The number of aromatic nitrogens is 1. The summed E-state index contributed by atoms with van der Waals surface area (Å²) in [6.07, 6.45) is 1.68. The minimum Gasteiger partial charge on any atom is -0.364 e. The lowest BCUT2D eigenvalue weighted by atomic mass is 10.1. The molecular formula is C23H25N3O. The van der Waals surface area contributed by atoms with Gasteiger partial charge in [0, 0.05) is 30.9 Å². The van der Waals surface area contributed by atoms with Crippen molar-refractivity contribution in [1.29, 1.82) is 0 Å². The van der Waals surface area contributed by atoms with Crippen molar-refractivity contribution in [3.05, 3.63) is 95.7 Å². The van der Waals surface area contributed by atoms with Gasteiger partial charge in [-0.2, -0.15) is 0 Å². The van der Waals surface area contributed by atoms with Gasteiger partial charge in [0.05, 0.1) is 0 Å². The van der Waals surface area contributed by atoms with Gasteiger partial charge in [-0.05, 0) is 37.1 Å². The fourth-order valence-corrected chi connectivity index (χ4v) is 3.00. The van der Waals surface area contributed by atoms with Crippen LogP contribution < -0.4 is 5.32 Å². The molecule has 0 fully saturated rings. The third-order valence-electron chi connectivity index (χ3n) is 4.56. The number of rotatable bonds is 7. The van der Waals surface area contributed by atoms with Gasteiger partial charge in [0.15, 0.2) is 0 Å². The lowest BCUT2D eigenvalue weighted by molar-refractivity contribution is 0.0752. The Morgan fingerprint density at radius 1 is 1.04 bits per heavy atom. The Morgan fingerprint density at radius 3 is 2.37 bits per heavy atom. The summed E-state index contributed by atoms with van der Waals surface area (Å²) in [5.74, 6) is 0.715. The minimum atomic E-state index is 0.0131. The van der Waals surface area contributed by atoms with Crippen molar-refractivity contribution in [3.63, 3.8) is 0 Å². The van der Waals surface area contributed by atoms with Crippen LogP contribution in [0.1, 0.15) is 41.4 Å². The maximum Gasteiger partial charge on any atom is 0.254 e. The molecule has 3 aromatic rings. The summed E-state index contributed by atoms with van der Waals surface area (Å²) in [4.78, 5) is 19.2. The monoisotopic (exact) mass is 359 g/mol. The molecule has 0 saturated carbocycles. The van der Waals surface area contributed by atoms with E-state index >= 15 is 0 Å². The number of carbonyl (C=O) groups is 1. The van der Waals surface area contributed by atoms with Crippen LogP contribution in [0.3, 0.4) is 0 Å². The molecule has 0 spiro atoms. The standard InChI is InChI=1S/C23H25N3O/c1-3-26(17-19-10-6-4-7-11-19)23(27)21-14-15-24-22(16-21)25-18(2)20-12-8-5-9-13-20/h4-16,18H,3,17H2,1-2H3,(H,24,25). The van der Waals surface area contributed by atoms with Crippen LogP contribution in [-0.2, 0) is 6.54 Å². The van der Waals surface area contributed by atoms with E-state index in [4.69, 9.17) is 0 Å². The molecule has 4 nitrogen and oxygen atoms in total. The summed E-state index contributed by atoms with van der Waals surface area (Å²) in [5, 5.41) is 3.38. The first-order valence-electron chi connectivity index (χ1n) is 9.28. The van der Waals surface area contributed by atoms with E-state index in [-0.39, 0.29) is 11.9 Å². The molecule has 3 rings (SSSR count). The molecule has 1 aromatic heterocycles. The Bertz CT molecular complexity index is 865. The number of nitrogens with zero attached hydrogens (tertiary/aromatic N) is 2. The van der Waals surface area contributed by atoms with Crippen molar-refractivity contribution in [2.75, 3.05) is 11.9 Å². The Balaban J connectivity index is 1.72. The number of anilines is 1. The van der Waals surface area contributed by atoms with Crippen LogP contribution in [0.4, 0.5) is 5.82 Å². The van der Waals surface area contributed by atoms with E-state index in [1.54, 1.807) is 12.3 Å². The molecule has 0 aliphatic heterocycles. The number of hydrogen-bond donors (Lipinski definition) is 1. The molecule has 138 valence electrons. The van der Waals surface area contributed by atoms with Crippen LogP contribution in [0.5, 0.6) is 0 Å². The zero-order chi connectivity index (χ0) is 19.1. The molecule has 0 saturated heterocycles. The van der Waals surface area contributed by atoms with Crippen molar-refractivity contribution in [2.45, 2.75) is 26.4 Å². The molecule has 1 unspecified atom stereocenters. The molecule has 2 aromatic carbocycles. The number of amides is 1. The third kappa shape index (κ3) is 4.94. The zero-order valence-corrected chi connectivity index (χ0v) is 15.8. The highest BCUT2D eigenvalue weighted by Crippen LogP contribution is 2.19. The lowest BCUT2D eigenvalue weighted by Crippen LogP contribution is -2.30. The SMILES string of the molecule is CCN(Cc1ccccc1)C(=O)c1ccnc(NC(C)c2ccccc2)c1. The van der Waals surface area contributed by atoms with Gasteiger partial charge in [0.1, 0.15) is 5.82 Å². The number of nitrogens with one attached hydrogen (secondary N) is 1. The highest BCUT2D eigenvalue weighted by Gasteiger charge is 2.16. The largest absolute Gasteiger partial charge is 0.364 e. The van der Waals surface area contributed by atoms with Crippen molar-refractivity contribution in [2.24, 2.45) is 0 Å². The smallest absolute Gasteiger partial charge is 0.254 e. The Kier molecular flexibility index (Phi) is 6.21. The number of pyridine rings is 1. The molecular weight excluding hydrogens is 334 g/mol. The average molecular weight is 359 g/mol. The fraction of sp³-hybridized carbons (Fsp3) is 0.217. The Morgan fingerprint density at radius 2 is 1.70 bits per heavy atom. The average Bonchev–Trinajstić information content (AvgIpc) is 2.73. The number of carbonyl (C=O) groups excluding carboxylic acids is 1. The second-order valence-corrected chi connectivity index (χ2v) is 6.51. The maximum absolute atomic E-state index is 13.0. The third-order valence-corrected chi connectivity index (χ3v) is 4.56. The van der Waals surface area contributed by atoms with E-state index in [1.807, 2.05) is 66.4 Å². The van der Waals surface area contributed by atoms with Crippen LogP contribution in [0.25, 0.3) is 0 Å². The molecule has 0 aliphatic rings. The second kappa shape index (κ2) is 8.99. The van der Waals surface area contributed by atoms with Gasteiger partial charge in [0.25, 0.3) is 5.91 Å². The molecule has 0 bridgehead atoms. The van der Waals surface area contributed by atoms with E-state index in [2.05, 4.69) is 29.4 Å². The molecule has 27 heavy (non-hydrogen) atoms. The first-order valence-corrected chi connectivity index (χ1v) is 9.28. The molecule has 1 N–H and O–H groups in total. The Labute approximate surface area is 160 Å². The predicted molar refractivity (Wildman–Crippen MR) is 110 cm³/mol. The molecule has 1 amide bonds. The highest BCUT2D eigenvalue weighted by atomic mass is 16.2. The van der Waals surface area contributed by atoms with Gasteiger partial charge in [-0.15, -0.1) is 0 Å². The molecule has 0 radical (unpaired) electrons. The van der Waals surface area contributed by atoms with E-state index < -0.39 is 0 Å². The van der Waals surface area contributed by atoms with Crippen LogP contribution in [-0.4, -0.2) is 22.3 Å². The topological polar surface area (TPSA) is 45.2 Å². The van der Waals surface area contributed by atoms with Crippen molar-refractivity contribution in [3.8, 4) is 0 Å². The Hall–Kier alpha value is -3.14. The maximum atomic E-state index is 13.0.